The number of para-hydroxylation sites is 2. The minimum atomic E-state index is -0.886. The van der Waals surface area contributed by atoms with Gasteiger partial charge in [0.05, 0.1) is 13.0 Å². The molecule has 1 aliphatic heterocycles. The summed E-state index contributed by atoms with van der Waals surface area (Å²) in [5, 5.41) is 5.68. The minimum Gasteiger partial charge on any atom is -0.496 e. The van der Waals surface area contributed by atoms with E-state index in [4.69, 9.17) is 4.74 Å². The second-order valence-electron chi connectivity index (χ2n) is 9.22. The molecule has 5 rings (SSSR count). The number of amides is 1. The fourth-order valence-corrected chi connectivity index (χ4v) is 5.31. The summed E-state index contributed by atoms with van der Waals surface area (Å²) in [5.41, 5.74) is 3.09. The molecule has 3 aromatic rings. The highest BCUT2D eigenvalue weighted by molar-refractivity contribution is 6.10. The number of hydrogen-bond acceptors (Lipinski definition) is 4. The summed E-state index contributed by atoms with van der Waals surface area (Å²) >= 11 is 0. The van der Waals surface area contributed by atoms with Gasteiger partial charge in [0.25, 0.3) is 5.91 Å². The van der Waals surface area contributed by atoms with Crippen LogP contribution >= 0.6 is 0 Å². The van der Waals surface area contributed by atoms with Crippen LogP contribution in [0.5, 0.6) is 5.75 Å². The maximum atomic E-state index is 14.4. The maximum Gasteiger partial charge on any atom is 0.254 e. The Morgan fingerprint density at radius 2 is 1.62 bits per heavy atom. The van der Waals surface area contributed by atoms with Crippen LogP contribution in [0.4, 0.5) is 14.5 Å². The van der Waals surface area contributed by atoms with Crippen molar-refractivity contribution in [2.75, 3.05) is 12.4 Å². The molecule has 1 aliphatic carbocycles. The van der Waals surface area contributed by atoms with Gasteiger partial charge in [-0.2, -0.15) is 0 Å². The molecular weight excluding hydrogens is 474 g/mol. The summed E-state index contributed by atoms with van der Waals surface area (Å²) in [4.78, 5) is 27.3. The molecule has 3 aromatic carbocycles. The topological polar surface area (TPSA) is 67.4 Å². The van der Waals surface area contributed by atoms with Crippen LogP contribution in [-0.4, -0.2) is 18.8 Å². The highest BCUT2D eigenvalue weighted by Gasteiger charge is 2.42. The third-order valence-electron chi connectivity index (χ3n) is 6.99. The zero-order valence-corrected chi connectivity index (χ0v) is 20.5. The molecule has 0 spiro atoms. The molecule has 0 saturated heterocycles. The first-order chi connectivity index (χ1) is 17.9. The number of halogens is 2. The Balaban J connectivity index is 1.61. The molecule has 1 amide bonds. The van der Waals surface area contributed by atoms with Gasteiger partial charge < -0.3 is 15.4 Å². The fraction of sp³-hybridized carbons (Fsp3) is 0.200. The first-order valence-corrected chi connectivity index (χ1v) is 12.1. The van der Waals surface area contributed by atoms with Gasteiger partial charge in [0.2, 0.25) is 0 Å². The van der Waals surface area contributed by atoms with Gasteiger partial charge in [-0.1, -0.05) is 54.6 Å². The van der Waals surface area contributed by atoms with Gasteiger partial charge in [-0.15, -0.1) is 0 Å². The van der Waals surface area contributed by atoms with E-state index in [1.807, 2.05) is 36.4 Å². The van der Waals surface area contributed by atoms with Crippen molar-refractivity contribution in [3.05, 3.63) is 118 Å². The molecule has 2 N–H and O–H groups in total. The van der Waals surface area contributed by atoms with E-state index in [0.29, 0.717) is 29.0 Å². The Labute approximate surface area is 213 Å². The lowest BCUT2D eigenvalue weighted by molar-refractivity contribution is -0.116. The summed E-state index contributed by atoms with van der Waals surface area (Å²) in [6.45, 7) is 1.73. The average Bonchev–Trinajstić information content (AvgIpc) is 2.90. The van der Waals surface area contributed by atoms with Gasteiger partial charge in [0.15, 0.2) is 5.78 Å². The van der Waals surface area contributed by atoms with Crippen LogP contribution < -0.4 is 15.4 Å². The van der Waals surface area contributed by atoms with Crippen LogP contribution in [0.1, 0.15) is 42.7 Å². The second-order valence-corrected chi connectivity index (χ2v) is 9.22. The molecule has 0 radical (unpaired) electrons. The number of Topliss-reactive ketones (excluding diaryl/α,β-unsaturated/α-hetero) is 1. The van der Waals surface area contributed by atoms with E-state index in [2.05, 4.69) is 10.6 Å². The summed E-state index contributed by atoms with van der Waals surface area (Å²) in [7, 11) is 1.52. The minimum absolute atomic E-state index is 0.00560. The van der Waals surface area contributed by atoms with Gasteiger partial charge in [0.1, 0.15) is 23.1 Å². The van der Waals surface area contributed by atoms with E-state index < -0.39 is 29.1 Å². The number of carbonyl (C=O) groups is 2. The molecule has 0 unspecified atom stereocenters. The first kappa shape index (κ1) is 24.4. The molecule has 2 aliphatic rings. The monoisotopic (exact) mass is 500 g/mol. The Bertz CT molecular complexity index is 1430. The van der Waals surface area contributed by atoms with Crippen molar-refractivity contribution >= 4 is 17.4 Å². The van der Waals surface area contributed by atoms with E-state index in [1.54, 1.807) is 25.1 Å². The molecular formula is C30H26F2N2O3. The number of hydrogen-bond donors (Lipinski definition) is 2. The predicted octanol–water partition coefficient (Wildman–Crippen LogP) is 5.97. The van der Waals surface area contributed by atoms with Crippen LogP contribution in [-0.2, 0) is 9.59 Å². The van der Waals surface area contributed by atoms with Gasteiger partial charge in [-0.3, -0.25) is 9.59 Å². The summed E-state index contributed by atoms with van der Waals surface area (Å²) < 4.78 is 34.4. The molecule has 0 saturated carbocycles. The smallest absolute Gasteiger partial charge is 0.254 e. The van der Waals surface area contributed by atoms with Crippen molar-refractivity contribution in [2.45, 2.75) is 31.6 Å². The largest absolute Gasteiger partial charge is 0.496 e. The first-order valence-electron chi connectivity index (χ1n) is 12.1. The molecule has 5 nitrogen and oxygen atoms in total. The molecule has 0 bridgehead atoms. The van der Waals surface area contributed by atoms with Crippen molar-refractivity contribution in [1.82, 2.24) is 5.32 Å². The second kappa shape index (κ2) is 10.0. The number of nitrogens with one attached hydrogen (secondary N) is 2. The summed E-state index contributed by atoms with van der Waals surface area (Å²) in [6.07, 6.45) is 0.872. The molecule has 0 fully saturated rings. The van der Waals surface area contributed by atoms with Crippen LogP contribution in [0.3, 0.4) is 0 Å². The van der Waals surface area contributed by atoms with E-state index in [1.165, 1.54) is 13.2 Å². The summed E-state index contributed by atoms with van der Waals surface area (Å²) in [5.74, 6) is -2.83. The average molecular weight is 501 g/mol. The number of ether oxygens (including phenoxy) is 1. The molecule has 2 atom stereocenters. The highest BCUT2D eigenvalue weighted by atomic mass is 19.1. The quantitative estimate of drug-likeness (QED) is 0.453. The van der Waals surface area contributed by atoms with Crippen molar-refractivity contribution < 1.29 is 23.1 Å². The Morgan fingerprint density at radius 3 is 2.32 bits per heavy atom. The Morgan fingerprint density at radius 1 is 0.946 bits per heavy atom. The van der Waals surface area contributed by atoms with Crippen molar-refractivity contribution in [1.29, 1.82) is 0 Å². The van der Waals surface area contributed by atoms with Gasteiger partial charge in [0, 0.05) is 34.5 Å². The van der Waals surface area contributed by atoms with E-state index in [0.717, 1.165) is 23.4 Å². The normalized spacial score (nSPS) is 19.3. The van der Waals surface area contributed by atoms with Gasteiger partial charge in [-0.05, 0) is 43.0 Å². The zero-order valence-electron chi connectivity index (χ0n) is 20.5. The summed E-state index contributed by atoms with van der Waals surface area (Å²) in [6, 6.07) is 20.4. The lowest BCUT2D eigenvalue weighted by Gasteiger charge is -2.37. The number of methoxy groups -OCH3 is 1. The lowest BCUT2D eigenvalue weighted by atomic mass is 9.71. The number of allylic oxidation sites excluding steroid dienone is 3. The standard InChI is InChI=1S/C30H26F2N2O3/c1-17-26(30(36)34-29-21(31)12-8-13-22(29)32)27(20-11-6-7-14-25(20)37-2)28-23(33-17)15-19(16-24(28)35)18-9-4-3-5-10-18/h3-14,19,27,33H,15-16H2,1-2H3,(H,34,36)/t19-,27-/m0/s1. The van der Waals surface area contributed by atoms with Gasteiger partial charge in [-0.25, -0.2) is 8.78 Å². The van der Waals surface area contributed by atoms with E-state index in [-0.39, 0.29) is 23.7 Å². The van der Waals surface area contributed by atoms with Crippen LogP contribution in [0, 0.1) is 11.6 Å². The van der Waals surface area contributed by atoms with Crippen LogP contribution in [0.2, 0.25) is 0 Å². The predicted molar refractivity (Wildman–Crippen MR) is 137 cm³/mol. The molecule has 1 heterocycles. The SMILES string of the molecule is COc1ccccc1[C@H]1C(C(=O)Nc2c(F)cccc2F)=C(C)NC2=C1C(=O)C[C@@H](c1ccccc1)C2. The number of rotatable bonds is 5. The van der Waals surface area contributed by atoms with Crippen LogP contribution in [0.15, 0.2) is 95.3 Å². The zero-order chi connectivity index (χ0) is 26.1. The molecule has 7 heteroatoms. The number of carbonyl (C=O) groups excluding carboxylic acids is 2. The fourth-order valence-electron chi connectivity index (χ4n) is 5.31. The Kier molecular flexibility index (Phi) is 6.61. The number of dihydropyridines is 1. The third kappa shape index (κ3) is 4.53. The Hall–Kier alpha value is -4.26. The highest BCUT2D eigenvalue weighted by Crippen LogP contribution is 2.47. The van der Waals surface area contributed by atoms with Crippen LogP contribution in [0.25, 0.3) is 0 Å². The van der Waals surface area contributed by atoms with E-state index >= 15 is 0 Å². The number of benzene rings is 3. The van der Waals surface area contributed by atoms with Crippen molar-refractivity contribution in [3.8, 4) is 5.75 Å². The number of ketones is 1. The third-order valence-corrected chi connectivity index (χ3v) is 6.99. The van der Waals surface area contributed by atoms with Crippen molar-refractivity contribution in [2.24, 2.45) is 0 Å². The lowest BCUT2D eigenvalue weighted by Crippen LogP contribution is -2.37. The maximum absolute atomic E-state index is 14.4. The van der Waals surface area contributed by atoms with E-state index in [9.17, 15) is 18.4 Å². The molecule has 0 aromatic heterocycles. The molecule has 188 valence electrons. The van der Waals surface area contributed by atoms with Gasteiger partial charge >= 0.3 is 0 Å². The molecule has 37 heavy (non-hydrogen) atoms. The number of anilines is 1. The van der Waals surface area contributed by atoms with Crippen molar-refractivity contribution in [3.63, 3.8) is 0 Å².